The lowest BCUT2D eigenvalue weighted by molar-refractivity contribution is 0.416. The van der Waals surface area contributed by atoms with Crippen LogP contribution in [-0.4, -0.2) is 45.7 Å². The van der Waals surface area contributed by atoms with E-state index in [0.717, 1.165) is 26.2 Å². The summed E-state index contributed by atoms with van der Waals surface area (Å²) in [6.07, 6.45) is 0. The first-order chi connectivity index (χ1) is 8.99. The highest BCUT2D eigenvalue weighted by Crippen LogP contribution is 2.13. The Labute approximate surface area is 118 Å². The fourth-order valence-corrected chi connectivity index (χ4v) is 1.85. The summed E-state index contributed by atoms with van der Waals surface area (Å²) in [7, 11) is 6.37. The molecule has 1 rings (SSSR count). The highest BCUT2D eigenvalue weighted by molar-refractivity contribution is 5.46. The number of likely N-dealkylation sites (N-methyl/N-ethyl adjacent to an activating group) is 2. The summed E-state index contributed by atoms with van der Waals surface area (Å²) in [5, 5.41) is 3.47. The molecule has 0 spiro atoms. The summed E-state index contributed by atoms with van der Waals surface area (Å²) >= 11 is 0. The van der Waals surface area contributed by atoms with Gasteiger partial charge in [0.1, 0.15) is 0 Å². The van der Waals surface area contributed by atoms with Crippen LogP contribution in [0.1, 0.15) is 19.4 Å². The Morgan fingerprint density at radius 3 is 2.16 bits per heavy atom. The van der Waals surface area contributed by atoms with Crippen molar-refractivity contribution < 1.29 is 0 Å². The minimum Gasteiger partial charge on any atom is -0.373 e. The van der Waals surface area contributed by atoms with E-state index < -0.39 is 0 Å². The van der Waals surface area contributed by atoms with Gasteiger partial charge in [0.15, 0.2) is 0 Å². The third-order valence-electron chi connectivity index (χ3n) is 3.14. The topological polar surface area (TPSA) is 18.5 Å². The molecule has 0 unspecified atom stereocenters. The molecular weight excluding hydrogens is 234 g/mol. The van der Waals surface area contributed by atoms with E-state index in [1.54, 1.807) is 0 Å². The van der Waals surface area contributed by atoms with Crippen LogP contribution in [0.4, 0.5) is 5.69 Å². The molecule has 1 aromatic carbocycles. The largest absolute Gasteiger partial charge is 0.373 e. The Bertz CT molecular complexity index is 344. The normalized spacial score (nSPS) is 11.3. The molecule has 0 saturated carbocycles. The van der Waals surface area contributed by atoms with Crippen LogP contribution < -0.4 is 10.2 Å². The fourth-order valence-electron chi connectivity index (χ4n) is 1.85. The van der Waals surface area contributed by atoms with Crippen molar-refractivity contribution in [3.8, 4) is 0 Å². The van der Waals surface area contributed by atoms with Crippen molar-refractivity contribution in [2.75, 3.05) is 45.7 Å². The number of nitrogens with one attached hydrogen (secondary N) is 1. The molecule has 0 atom stereocenters. The average Bonchev–Trinajstić information content (AvgIpc) is 2.36. The smallest absolute Gasteiger partial charge is 0.0364 e. The number of hydrogen-bond donors (Lipinski definition) is 1. The zero-order chi connectivity index (χ0) is 14.3. The molecule has 0 saturated heterocycles. The zero-order valence-electron chi connectivity index (χ0n) is 13.1. The van der Waals surface area contributed by atoms with Gasteiger partial charge in [-0.05, 0) is 44.3 Å². The molecule has 0 aliphatic rings. The Kier molecular flexibility index (Phi) is 6.89. The molecular formula is C16H29N3. The number of hydrogen-bond acceptors (Lipinski definition) is 3. The lowest BCUT2D eigenvalue weighted by Gasteiger charge is -2.21. The minimum atomic E-state index is 0.705. The van der Waals surface area contributed by atoms with Crippen LogP contribution in [0.2, 0.25) is 0 Å². The predicted octanol–water partition coefficient (Wildman–Crippen LogP) is 2.43. The van der Waals surface area contributed by atoms with Gasteiger partial charge in [0.2, 0.25) is 0 Å². The summed E-state index contributed by atoms with van der Waals surface area (Å²) in [6.45, 7) is 8.63. The lowest BCUT2D eigenvalue weighted by Crippen LogP contribution is -2.28. The van der Waals surface area contributed by atoms with Gasteiger partial charge in [0.05, 0.1) is 0 Å². The Balaban J connectivity index is 2.42. The van der Waals surface area contributed by atoms with Gasteiger partial charge in [-0.2, -0.15) is 0 Å². The molecule has 3 heteroatoms. The molecule has 1 aromatic rings. The minimum absolute atomic E-state index is 0.705. The van der Waals surface area contributed by atoms with Crippen molar-refractivity contribution in [3.05, 3.63) is 29.8 Å². The Morgan fingerprint density at radius 2 is 1.63 bits per heavy atom. The molecule has 0 radical (unpaired) electrons. The van der Waals surface area contributed by atoms with E-state index in [1.807, 2.05) is 0 Å². The molecule has 0 bridgehead atoms. The Hall–Kier alpha value is -1.06. The maximum absolute atomic E-state index is 3.47. The van der Waals surface area contributed by atoms with E-state index in [9.17, 15) is 0 Å². The molecule has 3 nitrogen and oxygen atoms in total. The number of nitrogens with zero attached hydrogens (tertiary/aromatic N) is 2. The molecule has 108 valence electrons. The van der Waals surface area contributed by atoms with Crippen LogP contribution in [0.25, 0.3) is 0 Å². The van der Waals surface area contributed by atoms with Gasteiger partial charge < -0.3 is 15.1 Å². The quantitative estimate of drug-likeness (QED) is 0.777. The van der Waals surface area contributed by atoms with Crippen LogP contribution in [-0.2, 0) is 6.54 Å². The van der Waals surface area contributed by atoms with Crippen molar-refractivity contribution in [1.82, 2.24) is 10.2 Å². The summed E-state index contributed by atoms with van der Waals surface area (Å²) in [4.78, 5) is 4.51. The SMILES string of the molecule is CC(C)CNCc1ccc(N(C)CCN(C)C)cc1. The fraction of sp³-hybridized carbons (Fsp3) is 0.625. The van der Waals surface area contributed by atoms with Crippen LogP contribution >= 0.6 is 0 Å². The Morgan fingerprint density at radius 1 is 1.00 bits per heavy atom. The van der Waals surface area contributed by atoms with Gasteiger partial charge in [-0.1, -0.05) is 26.0 Å². The van der Waals surface area contributed by atoms with Gasteiger partial charge >= 0.3 is 0 Å². The summed E-state index contributed by atoms with van der Waals surface area (Å²) in [5.41, 5.74) is 2.64. The molecule has 19 heavy (non-hydrogen) atoms. The summed E-state index contributed by atoms with van der Waals surface area (Å²) in [5.74, 6) is 0.705. The van der Waals surface area contributed by atoms with Crippen LogP contribution in [0.15, 0.2) is 24.3 Å². The van der Waals surface area contributed by atoms with Crippen molar-refractivity contribution in [2.24, 2.45) is 5.92 Å². The van der Waals surface area contributed by atoms with Gasteiger partial charge in [-0.15, -0.1) is 0 Å². The molecule has 1 N–H and O–H groups in total. The average molecular weight is 263 g/mol. The second-order valence-corrected chi connectivity index (χ2v) is 5.92. The van der Waals surface area contributed by atoms with Crippen LogP contribution in [0.3, 0.4) is 0 Å². The van der Waals surface area contributed by atoms with Crippen molar-refractivity contribution in [3.63, 3.8) is 0 Å². The maximum Gasteiger partial charge on any atom is 0.0364 e. The van der Waals surface area contributed by atoms with Crippen molar-refractivity contribution >= 4 is 5.69 Å². The molecule has 0 fully saturated rings. The number of anilines is 1. The van der Waals surface area contributed by atoms with E-state index in [1.165, 1.54) is 11.3 Å². The predicted molar refractivity (Wildman–Crippen MR) is 84.8 cm³/mol. The van der Waals surface area contributed by atoms with Gasteiger partial charge in [0.25, 0.3) is 0 Å². The van der Waals surface area contributed by atoms with E-state index in [0.29, 0.717) is 5.92 Å². The molecule has 0 amide bonds. The van der Waals surface area contributed by atoms with Gasteiger partial charge in [0, 0.05) is 32.4 Å². The van der Waals surface area contributed by atoms with Gasteiger partial charge in [-0.3, -0.25) is 0 Å². The second kappa shape index (κ2) is 8.18. The van der Waals surface area contributed by atoms with E-state index >= 15 is 0 Å². The van der Waals surface area contributed by atoms with Crippen molar-refractivity contribution in [2.45, 2.75) is 20.4 Å². The van der Waals surface area contributed by atoms with E-state index in [4.69, 9.17) is 0 Å². The third kappa shape index (κ3) is 6.60. The molecule has 0 aliphatic carbocycles. The van der Waals surface area contributed by atoms with E-state index in [-0.39, 0.29) is 0 Å². The summed E-state index contributed by atoms with van der Waals surface area (Å²) < 4.78 is 0. The van der Waals surface area contributed by atoms with Crippen LogP contribution in [0, 0.1) is 5.92 Å². The maximum atomic E-state index is 3.47. The van der Waals surface area contributed by atoms with Crippen LogP contribution in [0.5, 0.6) is 0 Å². The zero-order valence-corrected chi connectivity index (χ0v) is 13.1. The first kappa shape index (κ1) is 16.0. The highest BCUT2D eigenvalue weighted by atomic mass is 15.1. The second-order valence-electron chi connectivity index (χ2n) is 5.92. The van der Waals surface area contributed by atoms with Gasteiger partial charge in [-0.25, -0.2) is 0 Å². The molecule has 0 heterocycles. The first-order valence-corrected chi connectivity index (χ1v) is 7.14. The van der Waals surface area contributed by atoms with E-state index in [2.05, 4.69) is 74.4 Å². The van der Waals surface area contributed by atoms with Crippen molar-refractivity contribution in [1.29, 1.82) is 0 Å². The third-order valence-corrected chi connectivity index (χ3v) is 3.14. The standard InChI is InChI=1S/C16H29N3/c1-14(2)12-17-13-15-6-8-16(9-7-15)19(5)11-10-18(3)4/h6-9,14,17H,10-13H2,1-5H3. The monoisotopic (exact) mass is 263 g/mol. The number of rotatable bonds is 8. The molecule has 0 aromatic heterocycles. The highest BCUT2D eigenvalue weighted by Gasteiger charge is 2.02. The first-order valence-electron chi connectivity index (χ1n) is 7.14. The number of benzene rings is 1. The summed E-state index contributed by atoms with van der Waals surface area (Å²) in [6, 6.07) is 8.85. The molecule has 0 aliphatic heterocycles. The lowest BCUT2D eigenvalue weighted by atomic mass is 10.1.